The Morgan fingerprint density at radius 2 is 1.00 bits per heavy atom. The highest BCUT2D eigenvalue weighted by Crippen LogP contribution is 2.37. The molecule has 0 unspecified atom stereocenters. The number of rotatable bonds is 8. The van der Waals surface area contributed by atoms with Crippen molar-refractivity contribution in [3.8, 4) is 35.4 Å². The second-order valence-electron chi connectivity index (χ2n) is 18.0. The maximum Gasteiger partial charge on any atom is 0.495 e. The van der Waals surface area contributed by atoms with Crippen LogP contribution in [0.25, 0.3) is 45.1 Å². The molecule has 72 heavy (non-hydrogen) atoms. The summed E-state index contributed by atoms with van der Waals surface area (Å²) in [5.41, 5.74) is 13.7. The van der Waals surface area contributed by atoms with Crippen molar-refractivity contribution in [3.63, 3.8) is 0 Å². The Balaban J connectivity index is 0.000000164. The van der Waals surface area contributed by atoms with Gasteiger partial charge in [-0.05, 0) is 171 Å². The second kappa shape index (κ2) is 22.5. The molecule has 2 aromatic heterocycles. The van der Waals surface area contributed by atoms with E-state index >= 15 is 0 Å². The summed E-state index contributed by atoms with van der Waals surface area (Å²) in [7, 11) is -0.344. The normalized spacial score (nSPS) is 13.3. The van der Waals surface area contributed by atoms with E-state index in [4.69, 9.17) is 35.3 Å². The highest BCUT2D eigenvalue weighted by atomic mass is 79.9. The number of hydrogen-bond donors (Lipinski definition) is 2. The van der Waals surface area contributed by atoms with Crippen LogP contribution in [0.4, 0.5) is 23.3 Å². The number of allylic oxidation sites excluding steroid dienone is 2. The van der Waals surface area contributed by atoms with Gasteiger partial charge in [0.2, 0.25) is 11.9 Å². The first-order valence-corrected chi connectivity index (χ1v) is 23.7. The van der Waals surface area contributed by atoms with Gasteiger partial charge in [0.15, 0.2) is 0 Å². The van der Waals surface area contributed by atoms with Crippen LogP contribution >= 0.6 is 15.9 Å². The number of halogens is 1. The van der Waals surface area contributed by atoms with E-state index in [0.717, 1.165) is 87.6 Å². The summed E-state index contributed by atoms with van der Waals surface area (Å²) in [6, 6.07) is 42.8. The summed E-state index contributed by atoms with van der Waals surface area (Å²) in [6.07, 6.45) is 10.2. The Morgan fingerprint density at radius 1 is 0.569 bits per heavy atom. The summed E-state index contributed by atoms with van der Waals surface area (Å²) in [6.45, 7) is 16.5. The van der Waals surface area contributed by atoms with Gasteiger partial charge in [-0.3, -0.25) is 0 Å². The van der Waals surface area contributed by atoms with Crippen molar-refractivity contribution in [2.75, 3.05) is 10.6 Å². The first kappa shape index (κ1) is 51.4. The number of hydrogen-bond acceptors (Lipinski definition) is 12. The van der Waals surface area contributed by atoms with Crippen LogP contribution in [0.2, 0.25) is 0 Å². The van der Waals surface area contributed by atoms with Gasteiger partial charge in [0.05, 0.1) is 57.6 Å². The van der Waals surface area contributed by atoms with Crippen molar-refractivity contribution in [3.05, 3.63) is 183 Å². The van der Waals surface area contributed by atoms with Gasteiger partial charge in [0.1, 0.15) is 0 Å². The van der Waals surface area contributed by atoms with Crippen LogP contribution in [0.5, 0.6) is 0 Å². The van der Waals surface area contributed by atoms with Gasteiger partial charge in [0, 0.05) is 56.7 Å². The van der Waals surface area contributed by atoms with E-state index in [1.165, 1.54) is 12.2 Å². The Labute approximate surface area is 429 Å². The molecule has 12 nitrogen and oxygen atoms in total. The average Bonchev–Trinajstić information content (AvgIpc) is 3.58. The van der Waals surface area contributed by atoms with Gasteiger partial charge in [-0.2, -0.15) is 21.0 Å². The van der Waals surface area contributed by atoms with Crippen LogP contribution in [-0.4, -0.2) is 38.3 Å². The quantitative estimate of drug-likeness (QED) is 0.108. The van der Waals surface area contributed by atoms with Crippen molar-refractivity contribution >= 4 is 85.7 Å². The van der Waals surface area contributed by atoms with Gasteiger partial charge < -0.3 is 19.9 Å². The largest absolute Gasteiger partial charge is 0.495 e. The molecule has 0 radical (unpaired) electrons. The monoisotopic (exact) mass is 1010 g/mol. The smallest absolute Gasteiger partial charge is 0.399 e. The first-order chi connectivity index (χ1) is 34.5. The summed E-state index contributed by atoms with van der Waals surface area (Å²) in [5, 5.41) is 43.4. The third kappa shape index (κ3) is 12.1. The van der Waals surface area contributed by atoms with Crippen LogP contribution in [0.1, 0.15) is 72.2 Å². The molecule has 0 spiro atoms. The van der Waals surface area contributed by atoms with E-state index in [2.05, 4.69) is 139 Å². The number of aromatic nitrogens is 4. The summed E-state index contributed by atoms with van der Waals surface area (Å²) in [4.78, 5) is 18.0. The lowest BCUT2D eigenvalue weighted by Gasteiger charge is -2.32. The van der Waals surface area contributed by atoms with E-state index in [9.17, 15) is 0 Å². The molecule has 2 N–H and O–H groups in total. The molecule has 3 heterocycles. The van der Waals surface area contributed by atoms with Gasteiger partial charge in [-0.1, -0.05) is 65.7 Å². The molecule has 1 saturated heterocycles. The van der Waals surface area contributed by atoms with Gasteiger partial charge in [-0.25, -0.2) is 19.9 Å². The van der Waals surface area contributed by atoms with Crippen molar-refractivity contribution in [1.82, 2.24) is 19.9 Å². The number of benzene rings is 6. The zero-order valence-electron chi connectivity index (χ0n) is 41.2. The molecule has 0 bridgehead atoms. The topological polar surface area (TPSA) is 189 Å². The van der Waals surface area contributed by atoms with Crippen LogP contribution in [0.15, 0.2) is 138 Å². The molecule has 8 aromatic rings. The minimum Gasteiger partial charge on any atom is -0.399 e. The number of nitrogens with zero attached hydrogens (tertiary/aromatic N) is 8. The molecular weight excluding hydrogens is 959 g/mol. The number of nitriles is 4. The molecule has 9 rings (SSSR count). The highest BCUT2D eigenvalue weighted by molar-refractivity contribution is 9.10. The lowest BCUT2D eigenvalue weighted by atomic mass is 9.73. The first-order valence-electron chi connectivity index (χ1n) is 22.9. The standard InChI is InChI=1S/C26H19N5.C17H22BNO2.C15H9BrN4/c1-17-13-20(5-4-12-27)14-18(2)24(17)23-7-3-6-21-16-29-26(31-25(21)23)30-22-10-8-19(15-28)9-11-22;1-12-10-14(8-7-9-19)11-13(2)15(12)18-20-16(3,4)17(5,6)21-18;16-13-3-1-2-11-9-18-15(20-14(11)13)19-12-6-4-10(8-17)5-7-12/h3-11,13-14,16H,1-2H3,(H,29,30,31);7-8,10-11H,1-6H3;1-7,9H,(H,18,19,20)/b5-4+;8-7+;. The van der Waals surface area contributed by atoms with Gasteiger partial charge in [0.25, 0.3) is 0 Å². The number of nitrogens with one attached hydrogen (secondary N) is 2. The van der Waals surface area contributed by atoms with E-state index in [1.54, 1.807) is 30.5 Å². The van der Waals surface area contributed by atoms with Crippen molar-refractivity contribution in [2.45, 2.75) is 66.6 Å². The maximum absolute atomic E-state index is 8.97. The molecule has 0 amide bonds. The molecule has 6 aromatic carbocycles. The molecule has 1 aliphatic rings. The Kier molecular flexibility index (Phi) is 16.1. The van der Waals surface area contributed by atoms with Crippen LogP contribution in [0, 0.1) is 73.0 Å². The minimum atomic E-state index is -0.344. The van der Waals surface area contributed by atoms with Gasteiger partial charge in [-0.15, -0.1) is 0 Å². The number of aryl methyl sites for hydroxylation is 4. The number of para-hydroxylation sites is 2. The number of fused-ring (bicyclic) bond motifs is 2. The van der Waals surface area contributed by atoms with E-state index < -0.39 is 0 Å². The predicted octanol–water partition coefficient (Wildman–Crippen LogP) is 13.2. The van der Waals surface area contributed by atoms with Crippen molar-refractivity contribution in [1.29, 1.82) is 21.0 Å². The zero-order chi connectivity index (χ0) is 51.6. The third-order valence-electron chi connectivity index (χ3n) is 12.3. The SMILES string of the molecule is Cc1cc(/C=C/C#N)cc(C)c1-c1cccc2cnc(Nc3ccc(C#N)cc3)nc12.Cc1cc(/C=C/C#N)cc(C)c1B1OC(C)(C)C(C)(C)O1.N#Cc1ccc(Nc2ncc3cccc(Br)c3n2)cc1. The molecule has 0 aliphatic carbocycles. The lowest BCUT2D eigenvalue weighted by molar-refractivity contribution is 0.00578. The van der Waals surface area contributed by atoms with Gasteiger partial charge >= 0.3 is 7.12 Å². The Hall–Kier alpha value is -8.50. The summed E-state index contributed by atoms with van der Waals surface area (Å²) < 4.78 is 13.2. The number of anilines is 4. The maximum atomic E-state index is 8.97. The Bertz CT molecular complexity index is 3480. The van der Waals surface area contributed by atoms with E-state index in [-0.39, 0.29) is 18.3 Å². The van der Waals surface area contributed by atoms with Crippen molar-refractivity contribution < 1.29 is 9.31 Å². The zero-order valence-corrected chi connectivity index (χ0v) is 42.8. The lowest BCUT2D eigenvalue weighted by Crippen LogP contribution is -2.41. The molecule has 1 aliphatic heterocycles. The molecule has 354 valence electrons. The third-order valence-corrected chi connectivity index (χ3v) is 13.0. The van der Waals surface area contributed by atoms with Crippen LogP contribution < -0.4 is 16.1 Å². The van der Waals surface area contributed by atoms with Crippen LogP contribution in [0.3, 0.4) is 0 Å². The second-order valence-corrected chi connectivity index (χ2v) is 18.9. The molecule has 0 atom stereocenters. The van der Waals surface area contributed by atoms with E-state index in [1.807, 2.05) is 85.1 Å². The predicted molar refractivity (Wildman–Crippen MR) is 291 cm³/mol. The minimum absolute atomic E-state index is 0.337. The molecule has 0 saturated carbocycles. The fourth-order valence-electron chi connectivity index (χ4n) is 8.13. The fraction of sp³-hybridized carbons (Fsp3) is 0.172. The average molecular weight is 1010 g/mol. The van der Waals surface area contributed by atoms with E-state index in [0.29, 0.717) is 23.0 Å². The van der Waals surface area contributed by atoms with Crippen LogP contribution in [-0.2, 0) is 9.31 Å². The molecule has 1 fully saturated rings. The Morgan fingerprint density at radius 3 is 1.46 bits per heavy atom. The molecular formula is C58H50BBrN10O2. The molecule has 14 heteroatoms. The van der Waals surface area contributed by atoms with Crippen molar-refractivity contribution in [2.24, 2.45) is 0 Å². The summed E-state index contributed by atoms with van der Waals surface area (Å²) >= 11 is 3.48. The summed E-state index contributed by atoms with van der Waals surface area (Å²) in [5.74, 6) is 1.02. The highest BCUT2D eigenvalue weighted by Gasteiger charge is 2.52. The fourth-order valence-corrected chi connectivity index (χ4v) is 8.60.